The summed E-state index contributed by atoms with van der Waals surface area (Å²) in [7, 11) is 0. The van der Waals surface area contributed by atoms with Crippen molar-refractivity contribution in [2.45, 2.75) is 72.8 Å². The maximum Gasteiger partial charge on any atom is 0.160 e. The summed E-state index contributed by atoms with van der Waals surface area (Å²) in [6, 6.07) is 0. The minimum atomic E-state index is -0.0730. The van der Waals surface area contributed by atoms with Gasteiger partial charge in [0.2, 0.25) is 0 Å². The molecule has 1 heterocycles. The average molecular weight is 252 g/mol. The number of aromatic nitrogens is 2. The summed E-state index contributed by atoms with van der Waals surface area (Å²) in [5.41, 5.74) is 1.76. The first-order valence-corrected chi connectivity index (χ1v) is 7.06. The van der Waals surface area contributed by atoms with Gasteiger partial charge in [0.1, 0.15) is 5.69 Å². The van der Waals surface area contributed by atoms with Crippen LogP contribution in [0.2, 0.25) is 0 Å². The molecule has 0 fully saturated rings. The predicted octanol–water partition coefficient (Wildman–Crippen LogP) is 3.88. The van der Waals surface area contributed by atoms with Gasteiger partial charge in [0.05, 0.1) is 5.69 Å². The highest BCUT2D eigenvalue weighted by Gasteiger charge is 2.27. The van der Waals surface area contributed by atoms with E-state index < -0.39 is 0 Å². The normalized spacial score (nSPS) is 12.4. The SMILES string of the molecule is CCCCc1nn(CC(C)C)c(C(C)(C)C)c1O. The Morgan fingerprint density at radius 1 is 1.28 bits per heavy atom. The summed E-state index contributed by atoms with van der Waals surface area (Å²) >= 11 is 0. The number of hydrogen-bond donors (Lipinski definition) is 1. The van der Waals surface area contributed by atoms with Gasteiger partial charge in [-0.15, -0.1) is 0 Å². The van der Waals surface area contributed by atoms with E-state index in [2.05, 4.69) is 46.6 Å². The van der Waals surface area contributed by atoms with Gasteiger partial charge in [0, 0.05) is 12.0 Å². The maximum absolute atomic E-state index is 10.4. The highest BCUT2D eigenvalue weighted by atomic mass is 16.3. The first kappa shape index (κ1) is 15.1. The van der Waals surface area contributed by atoms with Crippen LogP contribution in [0.1, 0.15) is 65.8 Å². The fraction of sp³-hybridized carbons (Fsp3) is 0.800. The van der Waals surface area contributed by atoms with Gasteiger partial charge in [-0.25, -0.2) is 0 Å². The van der Waals surface area contributed by atoms with Crippen LogP contribution in [0.15, 0.2) is 0 Å². The Morgan fingerprint density at radius 2 is 1.89 bits per heavy atom. The van der Waals surface area contributed by atoms with Gasteiger partial charge in [-0.2, -0.15) is 5.10 Å². The molecular formula is C15H28N2O. The average Bonchev–Trinajstić information content (AvgIpc) is 2.50. The van der Waals surface area contributed by atoms with Crippen molar-refractivity contribution >= 4 is 0 Å². The van der Waals surface area contributed by atoms with Gasteiger partial charge in [0.25, 0.3) is 0 Å². The summed E-state index contributed by atoms with van der Waals surface area (Å²) in [6.07, 6.45) is 3.08. The molecule has 0 aliphatic heterocycles. The number of aromatic hydroxyl groups is 1. The van der Waals surface area contributed by atoms with Crippen LogP contribution in [0, 0.1) is 5.92 Å². The van der Waals surface area contributed by atoms with Gasteiger partial charge in [-0.05, 0) is 18.8 Å². The lowest BCUT2D eigenvalue weighted by molar-refractivity contribution is 0.401. The number of unbranched alkanes of at least 4 members (excludes halogenated alkanes) is 1. The van der Waals surface area contributed by atoms with E-state index >= 15 is 0 Å². The molecule has 1 aromatic rings. The predicted molar refractivity (Wildman–Crippen MR) is 76.0 cm³/mol. The molecule has 1 rings (SSSR count). The van der Waals surface area contributed by atoms with Crippen molar-refractivity contribution in [3.05, 3.63) is 11.4 Å². The van der Waals surface area contributed by atoms with Crippen LogP contribution >= 0.6 is 0 Å². The second kappa shape index (κ2) is 5.77. The zero-order chi connectivity index (χ0) is 13.9. The third kappa shape index (κ3) is 3.50. The lowest BCUT2D eigenvalue weighted by Crippen LogP contribution is -2.20. The fourth-order valence-electron chi connectivity index (χ4n) is 2.23. The van der Waals surface area contributed by atoms with Gasteiger partial charge in [0.15, 0.2) is 5.75 Å². The van der Waals surface area contributed by atoms with Crippen LogP contribution in [0.25, 0.3) is 0 Å². The molecule has 18 heavy (non-hydrogen) atoms. The van der Waals surface area contributed by atoms with Crippen LogP contribution in [-0.2, 0) is 18.4 Å². The Bertz CT molecular complexity index is 386. The van der Waals surface area contributed by atoms with Crippen molar-refractivity contribution < 1.29 is 5.11 Å². The summed E-state index contributed by atoms with van der Waals surface area (Å²) < 4.78 is 2.00. The molecular weight excluding hydrogens is 224 g/mol. The summed E-state index contributed by atoms with van der Waals surface area (Å²) in [6.45, 7) is 13.8. The number of nitrogens with zero attached hydrogens (tertiary/aromatic N) is 2. The van der Waals surface area contributed by atoms with Crippen molar-refractivity contribution in [1.82, 2.24) is 9.78 Å². The van der Waals surface area contributed by atoms with E-state index in [9.17, 15) is 5.11 Å². The highest BCUT2D eigenvalue weighted by Crippen LogP contribution is 2.34. The second-order valence-corrected chi connectivity index (χ2v) is 6.57. The van der Waals surface area contributed by atoms with Crippen LogP contribution in [0.3, 0.4) is 0 Å². The van der Waals surface area contributed by atoms with E-state index in [0.29, 0.717) is 11.7 Å². The topological polar surface area (TPSA) is 38.0 Å². The first-order chi connectivity index (χ1) is 8.27. The van der Waals surface area contributed by atoms with Gasteiger partial charge in [-0.3, -0.25) is 4.68 Å². The second-order valence-electron chi connectivity index (χ2n) is 6.57. The lowest BCUT2D eigenvalue weighted by atomic mass is 9.90. The van der Waals surface area contributed by atoms with Crippen molar-refractivity contribution in [1.29, 1.82) is 0 Å². The molecule has 1 N–H and O–H groups in total. The minimum absolute atomic E-state index is 0.0730. The molecule has 3 heteroatoms. The quantitative estimate of drug-likeness (QED) is 0.863. The van der Waals surface area contributed by atoms with E-state index in [1.807, 2.05) is 4.68 Å². The number of aryl methyl sites for hydroxylation is 1. The van der Waals surface area contributed by atoms with E-state index in [1.165, 1.54) is 0 Å². The van der Waals surface area contributed by atoms with E-state index in [4.69, 9.17) is 0 Å². The fourth-order valence-corrected chi connectivity index (χ4v) is 2.23. The Labute approximate surface area is 111 Å². The molecule has 104 valence electrons. The smallest absolute Gasteiger partial charge is 0.160 e. The van der Waals surface area contributed by atoms with E-state index in [-0.39, 0.29) is 5.41 Å². The molecule has 0 bridgehead atoms. The molecule has 0 spiro atoms. The summed E-state index contributed by atoms with van der Waals surface area (Å²) in [5, 5.41) is 15.0. The molecule has 0 aromatic carbocycles. The molecule has 0 saturated carbocycles. The third-order valence-corrected chi connectivity index (χ3v) is 3.01. The molecule has 0 aliphatic carbocycles. The first-order valence-electron chi connectivity index (χ1n) is 7.06. The van der Waals surface area contributed by atoms with E-state index in [0.717, 1.165) is 37.2 Å². The summed E-state index contributed by atoms with van der Waals surface area (Å²) in [4.78, 5) is 0. The van der Waals surface area contributed by atoms with Crippen LogP contribution in [0.5, 0.6) is 5.75 Å². The van der Waals surface area contributed by atoms with Crippen LogP contribution in [-0.4, -0.2) is 14.9 Å². The Kier molecular flexibility index (Phi) is 4.83. The molecule has 0 radical (unpaired) electrons. The molecule has 1 aromatic heterocycles. The van der Waals surface area contributed by atoms with Crippen molar-refractivity contribution in [3.63, 3.8) is 0 Å². The standard InChI is InChI=1S/C15H28N2O/c1-7-8-9-12-13(18)14(15(4,5)6)17(16-12)10-11(2)3/h11,18H,7-10H2,1-6H3. The van der Waals surface area contributed by atoms with Crippen molar-refractivity contribution in [2.24, 2.45) is 5.92 Å². The third-order valence-electron chi connectivity index (χ3n) is 3.01. The van der Waals surface area contributed by atoms with Gasteiger partial charge in [-0.1, -0.05) is 48.0 Å². The molecule has 0 amide bonds. The highest BCUT2D eigenvalue weighted by molar-refractivity contribution is 5.37. The Morgan fingerprint density at radius 3 is 2.33 bits per heavy atom. The zero-order valence-electron chi connectivity index (χ0n) is 12.7. The molecule has 0 atom stereocenters. The van der Waals surface area contributed by atoms with Crippen LogP contribution in [0.4, 0.5) is 0 Å². The number of hydrogen-bond acceptors (Lipinski definition) is 2. The minimum Gasteiger partial charge on any atom is -0.504 e. The monoisotopic (exact) mass is 252 g/mol. The molecule has 0 aliphatic rings. The zero-order valence-corrected chi connectivity index (χ0v) is 12.7. The summed E-state index contributed by atoms with van der Waals surface area (Å²) in [5.74, 6) is 0.945. The largest absolute Gasteiger partial charge is 0.504 e. The maximum atomic E-state index is 10.4. The molecule has 0 unspecified atom stereocenters. The Hall–Kier alpha value is -0.990. The van der Waals surface area contributed by atoms with Gasteiger partial charge >= 0.3 is 0 Å². The lowest BCUT2D eigenvalue weighted by Gasteiger charge is -2.21. The van der Waals surface area contributed by atoms with Crippen molar-refractivity contribution in [2.75, 3.05) is 0 Å². The Balaban J connectivity index is 3.14. The molecule has 3 nitrogen and oxygen atoms in total. The van der Waals surface area contributed by atoms with Crippen molar-refractivity contribution in [3.8, 4) is 5.75 Å². The van der Waals surface area contributed by atoms with Gasteiger partial charge < -0.3 is 5.11 Å². The molecule has 0 saturated heterocycles. The van der Waals surface area contributed by atoms with Crippen LogP contribution < -0.4 is 0 Å². The number of rotatable bonds is 5. The van der Waals surface area contributed by atoms with E-state index in [1.54, 1.807) is 0 Å².